The Balaban J connectivity index is 3.36. The fraction of sp³-hybridized carbons (Fsp3) is 0. The zero-order chi connectivity index (χ0) is 8.43. The monoisotopic (exact) mass is 282 g/mol. The van der Waals surface area contributed by atoms with Crippen molar-refractivity contribution in [2.75, 3.05) is 0 Å². The second kappa shape index (κ2) is 3.54. The Morgan fingerprint density at radius 1 is 1.27 bits per heavy atom. The van der Waals surface area contributed by atoms with Crippen LogP contribution in [0.3, 0.4) is 0 Å². The van der Waals surface area contributed by atoms with Gasteiger partial charge in [0.15, 0.2) is 0 Å². The minimum absolute atomic E-state index is 0.0494. The van der Waals surface area contributed by atoms with Crippen LogP contribution in [0.25, 0.3) is 0 Å². The molecular formula is C6H2AsBrF2O. The van der Waals surface area contributed by atoms with E-state index in [1.54, 1.807) is 0 Å². The summed E-state index contributed by atoms with van der Waals surface area (Å²) in [4.78, 5) is 0. The summed E-state index contributed by atoms with van der Waals surface area (Å²) in [7, 11) is 0. The van der Waals surface area contributed by atoms with Gasteiger partial charge in [-0.3, -0.25) is 0 Å². The van der Waals surface area contributed by atoms with E-state index in [0.29, 0.717) is 0 Å². The van der Waals surface area contributed by atoms with Gasteiger partial charge in [-0.1, -0.05) is 0 Å². The molecule has 0 heterocycles. The predicted octanol–water partition coefficient (Wildman–Crippen LogP) is 1.40. The molecule has 0 aromatic heterocycles. The second-order valence-electron chi connectivity index (χ2n) is 1.79. The van der Waals surface area contributed by atoms with Crippen molar-refractivity contribution in [1.29, 1.82) is 0 Å². The fourth-order valence-corrected chi connectivity index (χ4v) is 1.55. The van der Waals surface area contributed by atoms with E-state index in [1.807, 2.05) is 0 Å². The van der Waals surface area contributed by atoms with Crippen LogP contribution < -0.4 is 4.35 Å². The molecule has 0 fully saturated rings. The molecule has 58 valence electrons. The topological polar surface area (TPSA) is 17.1 Å². The molecule has 0 radical (unpaired) electrons. The van der Waals surface area contributed by atoms with Gasteiger partial charge in [0.2, 0.25) is 0 Å². The molecule has 1 aromatic rings. The average Bonchev–Trinajstić information content (AvgIpc) is 2.01. The SMILES string of the molecule is O=[As]c1ccc(Br)c(F)c1F. The van der Waals surface area contributed by atoms with Crippen LogP contribution in [0.2, 0.25) is 0 Å². The van der Waals surface area contributed by atoms with Gasteiger partial charge < -0.3 is 0 Å². The standard InChI is InChI=1S/C6H2AsBrF2O/c8-4-2-1-3(7-11)5(9)6(4)10/h1-2H. The number of halogens is 3. The van der Waals surface area contributed by atoms with E-state index in [4.69, 9.17) is 0 Å². The van der Waals surface area contributed by atoms with Crippen LogP contribution in [0.1, 0.15) is 0 Å². The van der Waals surface area contributed by atoms with Gasteiger partial charge in [0.25, 0.3) is 0 Å². The third-order valence-electron chi connectivity index (χ3n) is 1.11. The third kappa shape index (κ3) is 1.74. The molecule has 1 rings (SSSR count). The Kier molecular flexibility index (Phi) is 2.90. The maximum atomic E-state index is 12.7. The van der Waals surface area contributed by atoms with Crippen molar-refractivity contribution in [3.8, 4) is 0 Å². The van der Waals surface area contributed by atoms with Crippen molar-refractivity contribution in [3.05, 3.63) is 28.2 Å². The van der Waals surface area contributed by atoms with Crippen molar-refractivity contribution in [2.45, 2.75) is 0 Å². The molecule has 0 aliphatic carbocycles. The molecule has 0 saturated carbocycles. The van der Waals surface area contributed by atoms with Gasteiger partial charge in [0.1, 0.15) is 0 Å². The van der Waals surface area contributed by atoms with Gasteiger partial charge in [-0.25, -0.2) is 0 Å². The summed E-state index contributed by atoms with van der Waals surface area (Å²) in [5.41, 5.74) is 0. The van der Waals surface area contributed by atoms with Crippen molar-refractivity contribution in [3.63, 3.8) is 0 Å². The average molecular weight is 283 g/mol. The van der Waals surface area contributed by atoms with Gasteiger partial charge >= 0.3 is 76.7 Å². The van der Waals surface area contributed by atoms with Gasteiger partial charge in [0.05, 0.1) is 0 Å². The Hall–Kier alpha value is -0.0816. The zero-order valence-electron chi connectivity index (χ0n) is 5.14. The van der Waals surface area contributed by atoms with Crippen LogP contribution in [0.15, 0.2) is 16.6 Å². The zero-order valence-corrected chi connectivity index (χ0v) is 8.61. The van der Waals surface area contributed by atoms with Crippen LogP contribution in [-0.4, -0.2) is 15.7 Å². The van der Waals surface area contributed by atoms with E-state index in [2.05, 4.69) is 15.9 Å². The Morgan fingerprint density at radius 3 is 2.45 bits per heavy atom. The molecular weight excluding hydrogens is 281 g/mol. The molecule has 0 aliphatic rings. The first-order valence-corrected chi connectivity index (χ1v) is 5.13. The van der Waals surface area contributed by atoms with E-state index in [0.717, 1.165) is 0 Å². The van der Waals surface area contributed by atoms with Crippen molar-refractivity contribution < 1.29 is 12.5 Å². The van der Waals surface area contributed by atoms with Crippen LogP contribution in [0.4, 0.5) is 8.78 Å². The molecule has 0 amide bonds. The normalized spacial score (nSPS) is 10.5. The van der Waals surface area contributed by atoms with Crippen LogP contribution in [0, 0.1) is 11.6 Å². The van der Waals surface area contributed by atoms with E-state index in [1.165, 1.54) is 12.1 Å². The minimum atomic E-state index is -1.50. The quantitative estimate of drug-likeness (QED) is 0.562. The van der Waals surface area contributed by atoms with E-state index < -0.39 is 27.3 Å². The third-order valence-corrected chi connectivity index (χ3v) is 2.86. The molecule has 0 atom stereocenters. The maximum absolute atomic E-state index is 12.7. The second-order valence-corrected chi connectivity index (χ2v) is 4.03. The van der Waals surface area contributed by atoms with Gasteiger partial charge in [-0.2, -0.15) is 0 Å². The first kappa shape index (κ1) is 9.01. The summed E-state index contributed by atoms with van der Waals surface area (Å²) in [6.45, 7) is 0. The van der Waals surface area contributed by atoms with Crippen LogP contribution in [0.5, 0.6) is 0 Å². The summed E-state index contributed by atoms with van der Waals surface area (Å²) in [5.74, 6) is -2.00. The molecule has 5 heteroatoms. The van der Waals surface area contributed by atoms with E-state index >= 15 is 0 Å². The molecule has 1 aromatic carbocycles. The molecule has 0 spiro atoms. The molecule has 0 N–H and O–H groups in total. The Labute approximate surface area is 76.8 Å². The predicted molar refractivity (Wildman–Crippen MR) is 40.1 cm³/mol. The van der Waals surface area contributed by atoms with E-state index in [9.17, 15) is 12.5 Å². The van der Waals surface area contributed by atoms with Gasteiger partial charge in [0, 0.05) is 0 Å². The molecule has 0 saturated heterocycles. The van der Waals surface area contributed by atoms with Crippen molar-refractivity contribution in [1.82, 2.24) is 0 Å². The molecule has 0 bridgehead atoms. The summed E-state index contributed by atoms with van der Waals surface area (Å²) >= 11 is 1.31. The van der Waals surface area contributed by atoms with Crippen LogP contribution in [-0.2, 0) is 3.74 Å². The van der Waals surface area contributed by atoms with E-state index in [-0.39, 0.29) is 8.82 Å². The number of hydrogen-bond acceptors (Lipinski definition) is 1. The molecule has 11 heavy (non-hydrogen) atoms. The van der Waals surface area contributed by atoms with Crippen LogP contribution >= 0.6 is 15.9 Å². The molecule has 0 unspecified atom stereocenters. The fourth-order valence-electron chi connectivity index (χ4n) is 0.586. The number of rotatable bonds is 1. The summed E-state index contributed by atoms with van der Waals surface area (Å²) in [5, 5.41) is 0. The molecule has 0 aliphatic heterocycles. The number of benzene rings is 1. The van der Waals surface area contributed by atoms with Crippen molar-refractivity contribution in [2.24, 2.45) is 0 Å². The first-order valence-electron chi connectivity index (χ1n) is 2.63. The first-order chi connectivity index (χ1) is 5.16. The number of hydrogen-bond donors (Lipinski definition) is 0. The van der Waals surface area contributed by atoms with Crippen molar-refractivity contribution >= 4 is 36.0 Å². The Bertz CT molecular complexity index is 303. The van der Waals surface area contributed by atoms with Gasteiger partial charge in [-0.15, -0.1) is 0 Å². The van der Waals surface area contributed by atoms with Gasteiger partial charge in [-0.05, 0) is 0 Å². The summed E-state index contributed by atoms with van der Waals surface area (Å²) in [6, 6.07) is 2.64. The molecule has 1 nitrogen and oxygen atoms in total. The summed E-state index contributed by atoms with van der Waals surface area (Å²) < 4.78 is 35.6. The Morgan fingerprint density at radius 2 is 1.91 bits per heavy atom. The summed E-state index contributed by atoms with van der Waals surface area (Å²) in [6.07, 6.45) is 0.